The first-order chi connectivity index (χ1) is 7.96. The highest BCUT2D eigenvalue weighted by atomic mass is 32.1. The van der Waals surface area contributed by atoms with E-state index in [2.05, 4.69) is 44.5 Å². The molecule has 17 heavy (non-hydrogen) atoms. The third-order valence-corrected chi connectivity index (χ3v) is 4.61. The highest BCUT2D eigenvalue weighted by Gasteiger charge is 2.29. The summed E-state index contributed by atoms with van der Waals surface area (Å²) in [6, 6.07) is 2.39. The molecule has 0 bridgehead atoms. The van der Waals surface area contributed by atoms with Crippen LogP contribution in [0.5, 0.6) is 0 Å². The summed E-state index contributed by atoms with van der Waals surface area (Å²) in [5.74, 6) is 1.64. The molecule has 1 aliphatic carbocycles. The first-order valence-corrected chi connectivity index (χ1v) is 7.64. The van der Waals surface area contributed by atoms with Crippen LogP contribution in [-0.4, -0.2) is 12.1 Å². The smallest absolute Gasteiger partial charge is 0.00966 e. The van der Waals surface area contributed by atoms with E-state index < -0.39 is 0 Å². The zero-order chi connectivity index (χ0) is 12.5. The number of rotatable bonds is 3. The lowest BCUT2D eigenvalue weighted by atomic mass is 9.90. The SMILES string of the molecule is Cc1cc(C2CCCC2CNC(C)(C)C)cs1. The molecule has 1 N–H and O–H groups in total. The molecule has 2 rings (SSSR count). The first-order valence-electron chi connectivity index (χ1n) is 6.76. The van der Waals surface area contributed by atoms with Crippen molar-refractivity contribution < 1.29 is 0 Å². The van der Waals surface area contributed by atoms with E-state index in [-0.39, 0.29) is 5.54 Å². The van der Waals surface area contributed by atoms with E-state index in [4.69, 9.17) is 0 Å². The van der Waals surface area contributed by atoms with E-state index in [0.717, 1.165) is 11.8 Å². The fraction of sp³-hybridized carbons (Fsp3) is 0.733. The average Bonchev–Trinajstić information content (AvgIpc) is 2.81. The second kappa shape index (κ2) is 5.11. The highest BCUT2D eigenvalue weighted by molar-refractivity contribution is 7.10. The molecule has 1 aromatic heterocycles. The molecule has 1 heterocycles. The zero-order valence-corrected chi connectivity index (χ0v) is 12.4. The van der Waals surface area contributed by atoms with Gasteiger partial charge in [0, 0.05) is 10.4 Å². The van der Waals surface area contributed by atoms with E-state index in [0.29, 0.717) is 0 Å². The van der Waals surface area contributed by atoms with Gasteiger partial charge in [0.1, 0.15) is 0 Å². The normalized spacial score (nSPS) is 25.4. The Bertz CT molecular complexity index is 361. The Balaban J connectivity index is 1.98. The minimum Gasteiger partial charge on any atom is -0.312 e. The lowest BCUT2D eigenvalue weighted by Crippen LogP contribution is -2.39. The molecule has 1 fully saturated rings. The van der Waals surface area contributed by atoms with Gasteiger partial charge in [-0.1, -0.05) is 6.42 Å². The van der Waals surface area contributed by atoms with Gasteiger partial charge in [-0.15, -0.1) is 11.3 Å². The third-order valence-electron chi connectivity index (χ3n) is 3.73. The number of aryl methyl sites for hydroxylation is 1. The van der Waals surface area contributed by atoms with E-state index in [1.54, 1.807) is 5.56 Å². The van der Waals surface area contributed by atoms with Crippen LogP contribution in [-0.2, 0) is 0 Å². The molecule has 0 radical (unpaired) electrons. The maximum atomic E-state index is 3.67. The van der Waals surface area contributed by atoms with Crippen LogP contribution in [0.15, 0.2) is 11.4 Å². The minimum absolute atomic E-state index is 0.248. The standard InChI is InChI=1S/C15H25NS/c1-11-8-13(10-17-11)14-7-5-6-12(14)9-16-15(2,3)4/h8,10,12,14,16H,5-7,9H2,1-4H3. The molecule has 0 spiro atoms. The van der Waals surface area contributed by atoms with Gasteiger partial charge in [0.2, 0.25) is 0 Å². The molecule has 96 valence electrons. The summed E-state index contributed by atoms with van der Waals surface area (Å²) >= 11 is 1.90. The minimum atomic E-state index is 0.248. The molecule has 2 atom stereocenters. The largest absolute Gasteiger partial charge is 0.312 e. The molecule has 0 aromatic carbocycles. The van der Waals surface area contributed by atoms with Crippen LogP contribution in [0.4, 0.5) is 0 Å². The Morgan fingerprint density at radius 1 is 1.35 bits per heavy atom. The summed E-state index contributed by atoms with van der Waals surface area (Å²) in [4.78, 5) is 1.45. The van der Waals surface area contributed by atoms with E-state index in [1.807, 2.05) is 11.3 Å². The van der Waals surface area contributed by atoms with Gasteiger partial charge in [-0.05, 0) is 75.9 Å². The zero-order valence-electron chi connectivity index (χ0n) is 11.5. The van der Waals surface area contributed by atoms with Crippen molar-refractivity contribution in [1.82, 2.24) is 5.32 Å². The average molecular weight is 251 g/mol. The van der Waals surface area contributed by atoms with Gasteiger partial charge in [-0.2, -0.15) is 0 Å². The Morgan fingerprint density at radius 3 is 2.71 bits per heavy atom. The van der Waals surface area contributed by atoms with Gasteiger partial charge in [-0.3, -0.25) is 0 Å². The molecule has 2 unspecified atom stereocenters. The van der Waals surface area contributed by atoms with Crippen LogP contribution >= 0.6 is 11.3 Å². The van der Waals surface area contributed by atoms with Gasteiger partial charge in [0.15, 0.2) is 0 Å². The Morgan fingerprint density at radius 2 is 2.12 bits per heavy atom. The van der Waals surface area contributed by atoms with Crippen LogP contribution < -0.4 is 5.32 Å². The fourth-order valence-corrected chi connectivity index (χ4v) is 3.58. The van der Waals surface area contributed by atoms with Crippen LogP contribution in [0, 0.1) is 12.8 Å². The van der Waals surface area contributed by atoms with Crippen molar-refractivity contribution >= 4 is 11.3 Å². The van der Waals surface area contributed by atoms with Gasteiger partial charge in [0.25, 0.3) is 0 Å². The molecule has 1 saturated carbocycles. The fourth-order valence-electron chi connectivity index (χ4n) is 2.82. The van der Waals surface area contributed by atoms with Gasteiger partial charge in [-0.25, -0.2) is 0 Å². The molecule has 0 aliphatic heterocycles. The lowest BCUT2D eigenvalue weighted by molar-refractivity contribution is 0.357. The summed E-state index contributed by atoms with van der Waals surface area (Å²) in [5, 5.41) is 6.04. The van der Waals surface area contributed by atoms with Crippen molar-refractivity contribution in [2.75, 3.05) is 6.54 Å². The van der Waals surface area contributed by atoms with Crippen molar-refractivity contribution in [3.63, 3.8) is 0 Å². The van der Waals surface area contributed by atoms with Crippen LogP contribution in [0.3, 0.4) is 0 Å². The number of nitrogens with one attached hydrogen (secondary N) is 1. The molecular formula is C15H25NS. The topological polar surface area (TPSA) is 12.0 Å². The lowest BCUT2D eigenvalue weighted by Gasteiger charge is -2.26. The summed E-state index contributed by atoms with van der Waals surface area (Å²) in [5.41, 5.74) is 1.84. The molecule has 1 aromatic rings. The Kier molecular flexibility index (Phi) is 3.94. The maximum absolute atomic E-state index is 3.67. The number of thiophene rings is 1. The highest BCUT2D eigenvalue weighted by Crippen LogP contribution is 2.40. The summed E-state index contributed by atoms with van der Waals surface area (Å²) in [6.07, 6.45) is 4.17. The van der Waals surface area contributed by atoms with Crippen molar-refractivity contribution in [1.29, 1.82) is 0 Å². The van der Waals surface area contributed by atoms with Crippen molar-refractivity contribution in [2.45, 2.75) is 58.4 Å². The maximum Gasteiger partial charge on any atom is 0.00966 e. The van der Waals surface area contributed by atoms with E-state index in [9.17, 15) is 0 Å². The van der Waals surface area contributed by atoms with E-state index in [1.165, 1.54) is 30.7 Å². The van der Waals surface area contributed by atoms with Gasteiger partial charge < -0.3 is 5.32 Å². The number of hydrogen-bond acceptors (Lipinski definition) is 2. The molecule has 1 nitrogen and oxygen atoms in total. The van der Waals surface area contributed by atoms with Crippen molar-refractivity contribution in [3.05, 3.63) is 21.9 Å². The van der Waals surface area contributed by atoms with Crippen LogP contribution in [0.2, 0.25) is 0 Å². The van der Waals surface area contributed by atoms with Crippen LogP contribution in [0.1, 0.15) is 56.4 Å². The number of hydrogen-bond donors (Lipinski definition) is 1. The summed E-state index contributed by atoms with van der Waals surface area (Å²) < 4.78 is 0. The third kappa shape index (κ3) is 3.56. The van der Waals surface area contributed by atoms with Crippen LogP contribution in [0.25, 0.3) is 0 Å². The quantitative estimate of drug-likeness (QED) is 0.843. The Labute approximate surface area is 110 Å². The summed E-state index contributed by atoms with van der Waals surface area (Å²) in [6.45, 7) is 10.2. The predicted octanol–water partition coefficient (Wildman–Crippen LogP) is 4.33. The molecular weight excluding hydrogens is 226 g/mol. The van der Waals surface area contributed by atoms with Crippen molar-refractivity contribution in [2.24, 2.45) is 5.92 Å². The van der Waals surface area contributed by atoms with E-state index >= 15 is 0 Å². The Hall–Kier alpha value is -0.340. The second-order valence-corrected chi connectivity index (χ2v) is 7.53. The second-order valence-electron chi connectivity index (χ2n) is 6.42. The molecule has 0 saturated heterocycles. The predicted molar refractivity (Wildman–Crippen MR) is 76.9 cm³/mol. The summed E-state index contributed by atoms with van der Waals surface area (Å²) in [7, 11) is 0. The first kappa shape index (κ1) is 13.1. The molecule has 2 heteroatoms. The molecule has 0 amide bonds. The molecule has 1 aliphatic rings. The monoisotopic (exact) mass is 251 g/mol. The van der Waals surface area contributed by atoms with Gasteiger partial charge >= 0.3 is 0 Å². The van der Waals surface area contributed by atoms with Gasteiger partial charge in [0.05, 0.1) is 0 Å². The van der Waals surface area contributed by atoms with Crippen molar-refractivity contribution in [3.8, 4) is 0 Å².